The van der Waals surface area contributed by atoms with Gasteiger partial charge in [-0.25, -0.2) is 9.78 Å². The number of aromatic nitrogens is 1. The van der Waals surface area contributed by atoms with Gasteiger partial charge >= 0.3 is 6.03 Å². The van der Waals surface area contributed by atoms with Gasteiger partial charge < -0.3 is 10.6 Å². The summed E-state index contributed by atoms with van der Waals surface area (Å²) in [7, 11) is 0. The maximum atomic E-state index is 11.9. The van der Waals surface area contributed by atoms with Crippen molar-refractivity contribution >= 4 is 17.6 Å². The number of nitrogens with zero attached hydrogens (tertiary/aromatic N) is 1. The molecule has 0 bridgehead atoms. The number of hydrogen-bond donors (Lipinski definition) is 2. The van der Waals surface area contributed by atoms with E-state index in [0.29, 0.717) is 23.7 Å². The first-order chi connectivity index (χ1) is 10.2. The van der Waals surface area contributed by atoms with Crippen molar-refractivity contribution in [1.29, 1.82) is 0 Å². The highest BCUT2D eigenvalue weighted by atomic mass is 35.5. The van der Waals surface area contributed by atoms with Crippen LogP contribution >= 0.6 is 11.6 Å². The third kappa shape index (κ3) is 4.10. The van der Waals surface area contributed by atoms with Crippen molar-refractivity contribution in [2.75, 3.05) is 0 Å². The van der Waals surface area contributed by atoms with Gasteiger partial charge in [0.2, 0.25) is 0 Å². The minimum Gasteiger partial charge on any atom is -0.335 e. The highest BCUT2D eigenvalue weighted by Crippen LogP contribution is 2.44. The van der Waals surface area contributed by atoms with Gasteiger partial charge in [-0.05, 0) is 36.0 Å². The maximum Gasteiger partial charge on any atom is 0.315 e. The van der Waals surface area contributed by atoms with Crippen LogP contribution in [-0.4, -0.2) is 17.1 Å². The molecule has 0 radical (unpaired) electrons. The molecule has 0 aliphatic heterocycles. The van der Waals surface area contributed by atoms with Crippen LogP contribution in [-0.2, 0) is 6.54 Å². The van der Waals surface area contributed by atoms with Crippen molar-refractivity contribution in [2.45, 2.75) is 51.1 Å². The number of rotatable bonds is 4. The summed E-state index contributed by atoms with van der Waals surface area (Å²) in [5, 5.41) is 6.42. The molecule has 2 saturated carbocycles. The zero-order chi connectivity index (χ0) is 14.7. The van der Waals surface area contributed by atoms with Crippen LogP contribution in [0.15, 0.2) is 18.3 Å². The first-order valence-electron chi connectivity index (χ1n) is 7.87. The summed E-state index contributed by atoms with van der Waals surface area (Å²) >= 11 is 5.82. The van der Waals surface area contributed by atoms with Crippen molar-refractivity contribution in [1.82, 2.24) is 15.6 Å². The molecule has 1 aromatic rings. The molecule has 1 heterocycles. The molecular weight excluding hydrogens is 286 g/mol. The summed E-state index contributed by atoms with van der Waals surface area (Å²) in [5.41, 5.74) is 0.963. The molecule has 0 saturated heterocycles. The van der Waals surface area contributed by atoms with E-state index in [1.165, 1.54) is 32.1 Å². The van der Waals surface area contributed by atoms with Crippen LogP contribution in [0, 0.1) is 11.8 Å². The molecule has 114 valence electrons. The second-order valence-corrected chi connectivity index (χ2v) is 6.61. The fourth-order valence-corrected chi connectivity index (χ4v) is 3.61. The molecule has 0 spiro atoms. The number of pyridine rings is 1. The van der Waals surface area contributed by atoms with Gasteiger partial charge in [0.1, 0.15) is 5.15 Å². The van der Waals surface area contributed by atoms with Crippen LogP contribution in [0.25, 0.3) is 0 Å². The van der Waals surface area contributed by atoms with E-state index in [4.69, 9.17) is 11.6 Å². The monoisotopic (exact) mass is 307 g/mol. The molecule has 2 atom stereocenters. The molecule has 4 nitrogen and oxygen atoms in total. The lowest BCUT2D eigenvalue weighted by Crippen LogP contribution is -2.37. The second-order valence-electron chi connectivity index (χ2n) is 6.22. The van der Waals surface area contributed by atoms with E-state index in [1.807, 2.05) is 6.07 Å². The Balaban J connectivity index is 1.39. The van der Waals surface area contributed by atoms with E-state index in [2.05, 4.69) is 15.6 Å². The third-order valence-corrected chi connectivity index (χ3v) is 4.86. The lowest BCUT2D eigenvalue weighted by atomic mass is 9.85. The largest absolute Gasteiger partial charge is 0.335 e. The molecule has 1 aromatic heterocycles. The zero-order valence-corrected chi connectivity index (χ0v) is 12.9. The van der Waals surface area contributed by atoms with Gasteiger partial charge in [0, 0.05) is 18.8 Å². The summed E-state index contributed by atoms with van der Waals surface area (Å²) in [5.74, 6) is 1.55. The second kappa shape index (κ2) is 6.65. The number of carbonyl (C=O) groups is 1. The number of urea groups is 1. The maximum absolute atomic E-state index is 11.9. The van der Waals surface area contributed by atoms with Gasteiger partial charge in [-0.1, -0.05) is 43.7 Å². The topological polar surface area (TPSA) is 54.0 Å². The number of amides is 2. The number of nitrogens with one attached hydrogen (secondary N) is 2. The van der Waals surface area contributed by atoms with Gasteiger partial charge in [-0.2, -0.15) is 0 Å². The molecular formula is C16H22ClN3O. The Morgan fingerprint density at radius 2 is 2.14 bits per heavy atom. The van der Waals surface area contributed by atoms with Crippen LogP contribution in [0.2, 0.25) is 5.15 Å². The first-order valence-corrected chi connectivity index (χ1v) is 8.25. The van der Waals surface area contributed by atoms with Crippen LogP contribution in [0.5, 0.6) is 0 Å². The van der Waals surface area contributed by atoms with E-state index in [9.17, 15) is 4.79 Å². The van der Waals surface area contributed by atoms with Crippen molar-refractivity contribution in [3.8, 4) is 0 Å². The number of carbonyl (C=O) groups excluding carboxylic acids is 1. The lowest BCUT2D eigenvalue weighted by Gasteiger charge is -2.21. The zero-order valence-electron chi connectivity index (χ0n) is 12.1. The molecule has 2 fully saturated rings. The van der Waals surface area contributed by atoms with E-state index >= 15 is 0 Å². The summed E-state index contributed by atoms with van der Waals surface area (Å²) in [6, 6.07) is 3.93. The van der Waals surface area contributed by atoms with Crippen molar-refractivity contribution in [2.24, 2.45) is 11.8 Å². The van der Waals surface area contributed by atoms with Crippen molar-refractivity contribution < 1.29 is 4.79 Å². The summed E-state index contributed by atoms with van der Waals surface area (Å²) < 4.78 is 0. The number of hydrogen-bond acceptors (Lipinski definition) is 2. The summed E-state index contributed by atoms with van der Waals surface area (Å²) in [4.78, 5) is 15.8. The fourth-order valence-electron chi connectivity index (χ4n) is 3.42. The average Bonchev–Trinajstić information content (AvgIpc) is 3.25. The lowest BCUT2D eigenvalue weighted by molar-refractivity contribution is 0.238. The molecule has 0 unspecified atom stereocenters. The number of halogens is 1. The summed E-state index contributed by atoms with van der Waals surface area (Å²) in [6.45, 7) is 0.481. The summed E-state index contributed by atoms with van der Waals surface area (Å²) in [6.07, 6.45) is 9.61. The minimum absolute atomic E-state index is 0.0776. The smallest absolute Gasteiger partial charge is 0.315 e. The van der Waals surface area contributed by atoms with E-state index in [-0.39, 0.29) is 6.03 Å². The van der Waals surface area contributed by atoms with Gasteiger partial charge in [-0.15, -0.1) is 0 Å². The standard InChI is InChI=1S/C16H22ClN3O/c17-15-8-11(6-7-18-15)10-19-16(21)20-14-9-13(14)12-4-2-1-3-5-12/h6-8,12-14H,1-5,9-10H2,(H2,19,20,21)/t13-,14+/m0/s1. The molecule has 0 aromatic carbocycles. The predicted molar refractivity (Wildman–Crippen MR) is 83.1 cm³/mol. The average molecular weight is 308 g/mol. The van der Waals surface area contributed by atoms with Crippen LogP contribution < -0.4 is 10.6 Å². The normalized spacial score (nSPS) is 25.4. The Labute approximate surface area is 130 Å². The Hall–Kier alpha value is -1.29. The highest BCUT2D eigenvalue weighted by molar-refractivity contribution is 6.29. The van der Waals surface area contributed by atoms with Crippen LogP contribution in [0.1, 0.15) is 44.1 Å². The van der Waals surface area contributed by atoms with E-state index in [1.54, 1.807) is 12.3 Å². The fraction of sp³-hybridized carbons (Fsp3) is 0.625. The van der Waals surface area contributed by atoms with Gasteiger partial charge in [0.15, 0.2) is 0 Å². The molecule has 2 aliphatic rings. The molecule has 3 rings (SSSR count). The van der Waals surface area contributed by atoms with Gasteiger partial charge in [0.05, 0.1) is 0 Å². The van der Waals surface area contributed by atoms with Crippen molar-refractivity contribution in [3.05, 3.63) is 29.0 Å². The van der Waals surface area contributed by atoms with Gasteiger partial charge in [-0.3, -0.25) is 0 Å². The minimum atomic E-state index is -0.0776. The van der Waals surface area contributed by atoms with Crippen LogP contribution in [0.3, 0.4) is 0 Å². The Morgan fingerprint density at radius 1 is 1.33 bits per heavy atom. The third-order valence-electron chi connectivity index (χ3n) is 4.66. The molecule has 2 aliphatic carbocycles. The molecule has 2 N–H and O–H groups in total. The molecule has 2 amide bonds. The van der Waals surface area contributed by atoms with E-state index in [0.717, 1.165) is 17.9 Å². The Kier molecular flexibility index (Phi) is 4.63. The van der Waals surface area contributed by atoms with E-state index < -0.39 is 0 Å². The Morgan fingerprint density at radius 3 is 2.90 bits per heavy atom. The van der Waals surface area contributed by atoms with Gasteiger partial charge in [0.25, 0.3) is 0 Å². The molecule has 21 heavy (non-hydrogen) atoms. The first kappa shape index (κ1) is 14.6. The molecule has 5 heteroatoms. The highest BCUT2D eigenvalue weighted by Gasteiger charge is 2.43. The van der Waals surface area contributed by atoms with Crippen molar-refractivity contribution in [3.63, 3.8) is 0 Å². The SMILES string of the molecule is O=C(NCc1ccnc(Cl)c1)N[C@@H]1C[C@H]1C1CCCCC1. The quantitative estimate of drug-likeness (QED) is 0.836. The van der Waals surface area contributed by atoms with Crippen LogP contribution in [0.4, 0.5) is 4.79 Å². The predicted octanol–water partition coefficient (Wildman–Crippen LogP) is 3.50. The Bertz CT molecular complexity index is 502.